The second kappa shape index (κ2) is 6.37. The summed E-state index contributed by atoms with van der Waals surface area (Å²) in [6.07, 6.45) is 5.83. The van der Waals surface area contributed by atoms with Crippen LogP contribution in [0.25, 0.3) is 0 Å². The lowest BCUT2D eigenvalue weighted by Gasteiger charge is -2.31. The van der Waals surface area contributed by atoms with Gasteiger partial charge in [-0.05, 0) is 25.7 Å². The molecule has 0 spiro atoms. The lowest BCUT2D eigenvalue weighted by atomic mass is 10.1. The van der Waals surface area contributed by atoms with Crippen LogP contribution in [-0.4, -0.2) is 46.9 Å². The fourth-order valence-electron chi connectivity index (χ4n) is 2.46. The summed E-state index contributed by atoms with van der Waals surface area (Å²) in [5.74, 6) is 0.561. The quantitative estimate of drug-likeness (QED) is 0.797. The van der Waals surface area contributed by atoms with Gasteiger partial charge in [-0.25, -0.2) is 0 Å². The third kappa shape index (κ3) is 3.37. The molecule has 1 aliphatic rings. The molecule has 112 valence electrons. The topological polar surface area (TPSA) is 73.4 Å². The van der Waals surface area contributed by atoms with Gasteiger partial charge in [0.2, 0.25) is 5.91 Å². The first-order valence-corrected chi connectivity index (χ1v) is 7.08. The highest BCUT2D eigenvalue weighted by molar-refractivity contribution is 5.83. The van der Waals surface area contributed by atoms with Crippen LogP contribution in [0.2, 0.25) is 0 Å². The molecule has 1 aromatic heterocycles. The SMILES string of the molecule is COCCN(C(=O)C(N)c1cnn(C)c1)C(C)C1CC1. The predicted molar refractivity (Wildman–Crippen MR) is 75.9 cm³/mol. The number of hydrogen-bond acceptors (Lipinski definition) is 4. The van der Waals surface area contributed by atoms with E-state index in [4.69, 9.17) is 10.5 Å². The van der Waals surface area contributed by atoms with Crippen molar-refractivity contribution in [2.75, 3.05) is 20.3 Å². The summed E-state index contributed by atoms with van der Waals surface area (Å²) in [7, 11) is 3.46. The molecule has 1 aromatic rings. The van der Waals surface area contributed by atoms with Gasteiger partial charge in [0, 0.05) is 38.5 Å². The molecule has 1 amide bonds. The summed E-state index contributed by atoms with van der Waals surface area (Å²) in [6, 6.07) is -0.429. The maximum atomic E-state index is 12.6. The van der Waals surface area contributed by atoms with E-state index in [0.717, 1.165) is 5.56 Å². The molecular weight excluding hydrogens is 256 g/mol. The van der Waals surface area contributed by atoms with Gasteiger partial charge in [0.05, 0.1) is 12.8 Å². The summed E-state index contributed by atoms with van der Waals surface area (Å²) < 4.78 is 6.77. The number of hydrogen-bond donors (Lipinski definition) is 1. The molecule has 2 unspecified atom stereocenters. The van der Waals surface area contributed by atoms with Crippen molar-refractivity contribution >= 4 is 5.91 Å². The minimum absolute atomic E-state index is 0.0468. The third-order valence-corrected chi connectivity index (χ3v) is 3.97. The first-order chi connectivity index (χ1) is 9.54. The smallest absolute Gasteiger partial charge is 0.244 e. The van der Waals surface area contributed by atoms with E-state index in [1.165, 1.54) is 12.8 Å². The van der Waals surface area contributed by atoms with Crippen LogP contribution in [0.5, 0.6) is 0 Å². The molecule has 0 radical (unpaired) electrons. The minimum Gasteiger partial charge on any atom is -0.383 e. The number of ether oxygens (including phenoxy) is 1. The van der Waals surface area contributed by atoms with Gasteiger partial charge >= 0.3 is 0 Å². The van der Waals surface area contributed by atoms with Crippen LogP contribution in [0.3, 0.4) is 0 Å². The number of carbonyl (C=O) groups is 1. The maximum Gasteiger partial charge on any atom is 0.244 e. The molecule has 0 aliphatic heterocycles. The average Bonchev–Trinajstić information content (AvgIpc) is 3.20. The second-order valence-electron chi connectivity index (χ2n) is 5.53. The van der Waals surface area contributed by atoms with E-state index >= 15 is 0 Å². The van der Waals surface area contributed by atoms with Gasteiger partial charge in [-0.2, -0.15) is 5.10 Å². The normalized spacial score (nSPS) is 17.8. The fourth-order valence-corrected chi connectivity index (χ4v) is 2.46. The molecule has 6 nitrogen and oxygen atoms in total. The van der Waals surface area contributed by atoms with Crippen molar-refractivity contribution in [1.82, 2.24) is 14.7 Å². The molecule has 6 heteroatoms. The number of methoxy groups -OCH3 is 1. The lowest BCUT2D eigenvalue weighted by molar-refractivity contribution is -0.136. The van der Waals surface area contributed by atoms with E-state index in [0.29, 0.717) is 19.1 Å². The Morgan fingerprint density at radius 2 is 2.35 bits per heavy atom. The third-order valence-electron chi connectivity index (χ3n) is 3.97. The van der Waals surface area contributed by atoms with Crippen molar-refractivity contribution in [3.63, 3.8) is 0 Å². The van der Waals surface area contributed by atoms with E-state index < -0.39 is 6.04 Å². The van der Waals surface area contributed by atoms with Gasteiger partial charge in [-0.3, -0.25) is 9.48 Å². The van der Waals surface area contributed by atoms with Crippen molar-refractivity contribution in [3.8, 4) is 0 Å². The van der Waals surface area contributed by atoms with Crippen LogP contribution in [0.15, 0.2) is 12.4 Å². The van der Waals surface area contributed by atoms with E-state index in [1.807, 2.05) is 11.9 Å². The van der Waals surface area contributed by atoms with E-state index in [1.54, 1.807) is 24.2 Å². The van der Waals surface area contributed by atoms with E-state index in [9.17, 15) is 4.79 Å². The van der Waals surface area contributed by atoms with Crippen LogP contribution < -0.4 is 5.73 Å². The Kier molecular flexibility index (Phi) is 4.77. The van der Waals surface area contributed by atoms with Crippen molar-refractivity contribution in [1.29, 1.82) is 0 Å². The second-order valence-corrected chi connectivity index (χ2v) is 5.53. The number of nitrogens with zero attached hydrogens (tertiary/aromatic N) is 3. The maximum absolute atomic E-state index is 12.6. The zero-order valence-electron chi connectivity index (χ0n) is 12.5. The van der Waals surface area contributed by atoms with Crippen molar-refractivity contribution < 1.29 is 9.53 Å². The van der Waals surface area contributed by atoms with Crippen molar-refractivity contribution in [2.24, 2.45) is 18.7 Å². The lowest BCUT2D eigenvalue weighted by Crippen LogP contribution is -2.46. The molecule has 2 N–H and O–H groups in total. The highest BCUT2D eigenvalue weighted by Crippen LogP contribution is 2.35. The standard InChI is InChI=1S/C14H24N4O2/c1-10(11-4-5-11)18(6-7-20-3)14(19)13(15)12-8-16-17(2)9-12/h8-11,13H,4-7,15H2,1-3H3. The first kappa shape index (κ1) is 15.0. The van der Waals surface area contributed by atoms with Gasteiger partial charge in [-0.1, -0.05) is 0 Å². The summed E-state index contributed by atoms with van der Waals surface area (Å²) >= 11 is 0. The van der Waals surface area contributed by atoms with Gasteiger partial charge in [0.15, 0.2) is 0 Å². The van der Waals surface area contributed by atoms with Crippen LogP contribution in [-0.2, 0) is 16.6 Å². The number of carbonyl (C=O) groups excluding carboxylic acids is 1. The number of amides is 1. The first-order valence-electron chi connectivity index (χ1n) is 7.08. The monoisotopic (exact) mass is 280 g/mol. The van der Waals surface area contributed by atoms with Crippen molar-refractivity contribution in [2.45, 2.75) is 31.8 Å². The molecular formula is C14H24N4O2. The zero-order valence-corrected chi connectivity index (χ0v) is 12.5. The van der Waals surface area contributed by atoms with Crippen LogP contribution >= 0.6 is 0 Å². The number of nitrogens with two attached hydrogens (primary N) is 1. The Hall–Kier alpha value is -1.40. The molecule has 1 fully saturated rings. The Bertz CT molecular complexity index is 456. The Labute approximate surface area is 119 Å². The van der Waals surface area contributed by atoms with Crippen LogP contribution in [0.1, 0.15) is 31.4 Å². The molecule has 0 saturated heterocycles. The summed E-state index contributed by atoms with van der Waals surface area (Å²) in [5, 5.41) is 4.08. The fraction of sp³-hybridized carbons (Fsp3) is 0.714. The summed E-state index contributed by atoms with van der Waals surface area (Å²) in [4.78, 5) is 14.5. The highest BCUT2D eigenvalue weighted by Gasteiger charge is 2.36. The molecule has 1 saturated carbocycles. The number of rotatable bonds is 7. The Morgan fingerprint density at radius 1 is 1.65 bits per heavy atom. The van der Waals surface area contributed by atoms with Gasteiger partial charge in [0.25, 0.3) is 0 Å². The minimum atomic E-state index is -0.651. The molecule has 2 rings (SSSR count). The Morgan fingerprint density at radius 3 is 2.85 bits per heavy atom. The molecule has 20 heavy (non-hydrogen) atoms. The summed E-state index contributed by atoms with van der Waals surface area (Å²) in [6.45, 7) is 3.21. The van der Waals surface area contributed by atoms with E-state index in [-0.39, 0.29) is 11.9 Å². The molecule has 2 atom stereocenters. The zero-order chi connectivity index (χ0) is 14.7. The van der Waals surface area contributed by atoms with Gasteiger partial charge in [0.1, 0.15) is 6.04 Å². The predicted octanol–water partition coefficient (Wildman–Crippen LogP) is 0.693. The van der Waals surface area contributed by atoms with Gasteiger partial charge in [-0.15, -0.1) is 0 Å². The Balaban J connectivity index is 2.08. The average molecular weight is 280 g/mol. The largest absolute Gasteiger partial charge is 0.383 e. The van der Waals surface area contributed by atoms with Crippen LogP contribution in [0, 0.1) is 5.92 Å². The van der Waals surface area contributed by atoms with Crippen LogP contribution in [0.4, 0.5) is 0 Å². The summed E-state index contributed by atoms with van der Waals surface area (Å²) in [5.41, 5.74) is 6.85. The number of aryl methyl sites for hydroxylation is 1. The molecule has 0 aromatic carbocycles. The van der Waals surface area contributed by atoms with Gasteiger partial charge < -0.3 is 15.4 Å². The molecule has 0 bridgehead atoms. The number of aromatic nitrogens is 2. The molecule has 1 aliphatic carbocycles. The van der Waals surface area contributed by atoms with E-state index in [2.05, 4.69) is 12.0 Å². The van der Waals surface area contributed by atoms with Crippen molar-refractivity contribution in [3.05, 3.63) is 18.0 Å². The molecule has 1 heterocycles. The highest BCUT2D eigenvalue weighted by atomic mass is 16.5.